The number of hydrogen-bond acceptors (Lipinski definition) is 6. The van der Waals surface area contributed by atoms with E-state index in [2.05, 4.69) is 0 Å². The van der Waals surface area contributed by atoms with Crippen molar-refractivity contribution >= 4 is 18.1 Å². The zero-order valence-corrected chi connectivity index (χ0v) is 17.6. The lowest BCUT2D eigenvalue weighted by atomic mass is 9.92. The first-order valence-electron chi connectivity index (χ1n) is 8.43. The summed E-state index contributed by atoms with van der Waals surface area (Å²) in [6, 6.07) is 19.1. The molecule has 2 unspecified atom stereocenters. The van der Waals surface area contributed by atoms with Gasteiger partial charge in [-0.05, 0) is 24.3 Å². The predicted octanol–water partition coefficient (Wildman–Crippen LogP) is 4.47. The normalized spacial score (nSPS) is 12.2. The molecule has 0 aliphatic carbocycles. The van der Waals surface area contributed by atoms with Crippen molar-refractivity contribution in [2.24, 2.45) is 5.41 Å². The Hall–Kier alpha value is -1.26. The van der Waals surface area contributed by atoms with E-state index >= 15 is 0 Å². The molecule has 2 aromatic carbocycles. The van der Waals surface area contributed by atoms with Crippen LogP contribution in [0.5, 0.6) is 11.5 Å². The summed E-state index contributed by atoms with van der Waals surface area (Å²) in [7, 11) is 3.06. The van der Waals surface area contributed by atoms with E-state index in [1.54, 1.807) is 14.2 Å². The Kier molecular flexibility index (Phi) is 10.6. The third-order valence-electron chi connectivity index (χ3n) is 3.58. The van der Waals surface area contributed by atoms with Gasteiger partial charge in [-0.15, -0.1) is 0 Å². The molecule has 0 N–H and O–H groups in total. The number of rotatable bonds is 14. The maximum atomic E-state index is 5.75. The van der Waals surface area contributed by atoms with E-state index in [-0.39, 0.29) is 18.1 Å². The Morgan fingerprint density at radius 2 is 1.04 bits per heavy atom. The monoisotopic (exact) mass is 412 g/mol. The highest BCUT2D eigenvalue weighted by atomic mass is 31.1. The van der Waals surface area contributed by atoms with Crippen molar-refractivity contribution in [3.05, 3.63) is 60.7 Å². The van der Waals surface area contributed by atoms with Crippen LogP contribution in [0.1, 0.15) is 0 Å². The highest BCUT2D eigenvalue weighted by Crippen LogP contribution is 2.30. The fraction of sp³-hybridized carbons (Fsp3) is 0.368. The molecule has 0 fully saturated rings. The SMILES string of the molecule is COCC(COC)(COPOc1ccccc1)COPOc1ccccc1. The number of para-hydroxylation sites is 2. The van der Waals surface area contributed by atoms with E-state index in [1.807, 2.05) is 60.7 Å². The van der Waals surface area contributed by atoms with Gasteiger partial charge in [-0.3, -0.25) is 0 Å². The highest BCUT2D eigenvalue weighted by Gasteiger charge is 2.32. The van der Waals surface area contributed by atoms with Crippen LogP contribution in [0.15, 0.2) is 60.7 Å². The molecule has 0 radical (unpaired) electrons. The smallest absolute Gasteiger partial charge is 0.215 e. The fourth-order valence-electron chi connectivity index (χ4n) is 2.36. The molecule has 6 nitrogen and oxygen atoms in total. The lowest BCUT2D eigenvalue weighted by Gasteiger charge is -2.31. The van der Waals surface area contributed by atoms with Crippen LogP contribution in [-0.2, 0) is 18.5 Å². The van der Waals surface area contributed by atoms with Gasteiger partial charge in [0.05, 0.1) is 31.8 Å². The second-order valence-electron chi connectivity index (χ2n) is 5.94. The molecule has 0 saturated heterocycles. The Balaban J connectivity index is 1.79. The van der Waals surface area contributed by atoms with Gasteiger partial charge in [-0.2, -0.15) is 0 Å². The van der Waals surface area contributed by atoms with Crippen LogP contribution in [0.25, 0.3) is 0 Å². The van der Waals surface area contributed by atoms with Crippen molar-refractivity contribution in [2.45, 2.75) is 0 Å². The van der Waals surface area contributed by atoms with Crippen molar-refractivity contribution in [2.75, 3.05) is 40.6 Å². The zero-order valence-electron chi connectivity index (χ0n) is 15.6. The van der Waals surface area contributed by atoms with Gasteiger partial charge in [0.1, 0.15) is 11.5 Å². The van der Waals surface area contributed by atoms with Gasteiger partial charge < -0.3 is 27.6 Å². The maximum absolute atomic E-state index is 5.75. The predicted molar refractivity (Wildman–Crippen MR) is 109 cm³/mol. The zero-order chi connectivity index (χ0) is 19.2. The van der Waals surface area contributed by atoms with Crippen LogP contribution in [0, 0.1) is 5.41 Å². The van der Waals surface area contributed by atoms with E-state index in [0.717, 1.165) is 11.5 Å². The molecule has 2 atom stereocenters. The average molecular weight is 412 g/mol. The largest absolute Gasteiger partial charge is 0.450 e. The molecule has 0 amide bonds. The van der Waals surface area contributed by atoms with Gasteiger partial charge in [-0.1, -0.05) is 36.4 Å². The van der Waals surface area contributed by atoms with Crippen LogP contribution in [0.4, 0.5) is 0 Å². The Bertz CT molecular complexity index is 559. The van der Waals surface area contributed by atoms with E-state index in [4.69, 9.17) is 27.6 Å². The van der Waals surface area contributed by atoms with Crippen LogP contribution < -0.4 is 9.05 Å². The molecule has 0 spiro atoms. The number of ether oxygens (including phenoxy) is 2. The summed E-state index contributed by atoms with van der Waals surface area (Å²) in [5.41, 5.74) is -0.441. The number of benzene rings is 2. The number of hydrogen-bond donors (Lipinski definition) is 0. The lowest BCUT2D eigenvalue weighted by molar-refractivity contribution is -0.0419. The Labute approximate surface area is 164 Å². The van der Waals surface area contributed by atoms with Crippen molar-refractivity contribution in [3.63, 3.8) is 0 Å². The van der Waals surface area contributed by atoms with Crippen molar-refractivity contribution < 1.29 is 27.6 Å². The highest BCUT2D eigenvalue weighted by molar-refractivity contribution is 7.26. The van der Waals surface area contributed by atoms with E-state index < -0.39 is 5.41 Å². The quantitative estimate of drug-likeness (QED) is 0.337. The minimum absolute atomic E-state index is 0.121. The molecule has 0 aromatic heterocycles. The minimum atomic E-state index is -0.441. The van der Waals surface area contributed by atoms with E-state index in [0.29, 0.717) is 26.4 Å². The van der Waals surface area contributed by atoms with E-state index in [9.17, 15) is 0 Å². The average Bonchev–Trinajstić information content (AvgIpc) is 2.71. The van der Waals surface area contributed by atoms with E-state index in [1.165, 1.54) is 0 Å². The van der Waals surface area contributed by atoms with Gasteiger partial charge in [0.2, 0.25) is 18.1 Å². The second-order valence-corrected chi connectivity index (χ2v) is 7.26. The van der Waals surface area contributed by atoms with Gasteiger partial charge in [0.25, 0.3) is 0 Å². The fourth-order valence-corrected chi connectivity index (χ4v) is 3.67. The molecular formula is C19H26O6P2. The molecular weight excluding hydrogens is 386 g/mol. The second kappa shape index (κ2) is 13.0. The molecule has 0 aliphatic heterocycles. The molecule has 0 saturated carbocycles. The number of methoxy groups -OCH3 is 2. The lowest BCUT2D eigenvalue weighted by Crippen LogP contribution is -2.40. The van der Waals surface area contributed by atoms with Gasteiger partial charge in [-0.25, -0.2) is 0 Å². The summed E-state index contributed by atoms with van der Waals surface area (Å²) in [4.78, 5) is 0. The molecule has 0 bridgehead atoms. The summed E-state index contributed by atoms with van der Waals surface area (Å²) in [6.07, 6.45) is 0. The van der Waals surface area contributed by atoms with Crippen LogP contribution in [0.3, 0.4) is 0 Å². The van der Waals surface area contributed by atoms with Crippen LogP contribution in [-0.4, -0.2) is 40.6 Å². The van der Waals surface area contributed by atoms with Crippen LogP contribution in [0.2, 0.25) is 0 Å². The third-order valence-corrected chi connectivity index (χ3v) is 4.74. The summed E-state index contributed by atoms with van der Waals surface area (Å²) in [5, 5.41) is 0. The molecule has 27 heavy (non-hydrogen) atoms. The maximum Gasteiger partial charge on any atom is 0.215 e. The molecule has 0 heterocycles. The topological polar surface area (TPSA) is 55.4 Å². The first kappa shape index (κ1) is 22.0. The van der Waals surface area contributed by atoms with Gasteiger partial charge >= 0.3 is 0 Å². The minimum Gasteiger partial charge on any atom is -0.450 e. The molecule has 2 rings (SSSR count). The van der Waals surface area contributed by atoms with Crippen molar-refractivity contribution in [1.29, 1.82) is 0 Å². The Morgan fingerprint density at radius 3 is 1.41 bits per heavy atom. The molecule has 0 aliphatic rings. The summed E-state index contributed by atoms with van der Waals surface area (Å²) in [5.74, 6) is 1.54. The first-order valence-corrected chi connectivity index (χ1v) is 10.1. The first-order chi connectivity index (χ1) is 13.3. The summed E-state index contributed by atoms with van der Waals surface area (Å²) < 4.78 is 33.5. The van der Waals surface area contributed by atoms with Crippen molar-refractivity contribution in [1.82, 2.24) is 0 Å². The molecule has 8 heteroatoms. The summed E-state index contributed by atoms with van der Waals surface area (Å²) >= 11 is 0. The third kappa shape index (κ3) is 8.52. The van der Waals surface area contributed by atoms with Crippen LogP contribution >= 0.6 is 18.1 Å². The summed E-state index contributed by atoms with van der Waals surface area (Å²) in [6.45, 7) is 1.64. The molecule has 148 valence electrons. The van der Waals surface area contributed by atoms with Crippen molar-refractivity contribution in [3.8, 4) is 11.5 Å². The molecule has 2 aromatic rings. The van der Waals surface area contributed by atoms with Gasteiger partial charge in [0.15, 0.2) is 0 Å². The van der Waals surface area contributed by atoms with Gasteiger partial charge in [0, 0.05) is 14.2 Å². The standard InChI is InChI=1S/C19H26O6P2/c1-20-13-19(14-21-2,15-22-26-24-17-9-5-3-6-10-17)16-23-27-25-18-11-7-4-8-12-18/h3-12,26-27H,13-16H2,1-2H3. The Morgan fingerprint density at radius 1 is 0.630 bits per heavy atom.